The molecular formula is C8H16O2. The molecule has 0 aliphatic carbocycles. The number of hydrogen-bond acceptors (Lipinski definition) is 2. The monoisotopic (exact) mass is 144 g/mol. The van der Waals surface area contributed by atoms with E-state index in [2.05, 4.69) is 20.8 Å². The summed E-state index contributed by atoms with van der Waals surface area (Å²) in [5.74, 6) is 0.857. The first kappa shape index (κ1) is 9.47. The fourth-order valence-electron chi connectivity index (χ4n) is 0.441. The summed E-state index contributed by atoms with van der Waals surface area (Å²) in [4.78, 5) is 10.3. The van der Waals surface area contributed by atoms with Crippen LogP contribution < -0.4 is 0 Å². The minimum atomic E-state index is -0.187. The van der Waals surface area contributed by atoms with Crippen molar-refractivity contribution in [3.05, 3.63) is 0 Å². The van der Waals surface area contributed by atoms with E-state index < -0.39 is 0 Å². The normalized spacial score (nSPS) is 13.3. The van der Waals surface area contributed by atoms with E-state index in [-0.39, 0.29) is 5.97 Å². The maximum atomic E-state index is 10.3. The van der Waals surface area contributed by atoms with E-state index in [0.717, 1.165) is 0 Å². The van der Waals surface area contributed by atoms with Gasteiger partial charge in [0, 0.05) is 6.92 Å². The minimum Gasteiger partial charge on any atom is -0.466 e. The van der Waals surface area contributed by atoms with Gasteiger partial charge in [-0.25, -0.2) is 0 Å². The van der Waals surface area contributed by atoms with Crippen LogP contribution in [0.3, 0.4) is 0 Å². The molecule has 0 saturated heterocycles. The highest BCUT2D eigenvalue weighted by Gasteiger charge is 2.07. The molecule has 0 aromatic carbocycles. The van der Waals surface area contributed by atoms with Crippen LogP contribution in [0, 0.1) is 11.8 Å². The van der Waals surface area contributed by atoms with Crippen LogP contribution in [0.5, 0.6) is 0 Å². The number of ether oxygens (including phenoxy) is 1. The Morgan fingerprint density at radius 2 is 1.90 bits per heavy atom. The summed E-state index contributed by atoms with van der Waals surface area (Å²) in [6.45, 7) is 8.30. The van der Waals surface area contributed by atoms with Crippen LogP contribution in [0.25, 0.3) is 0 Å². The number of carbonyl (C=O) groups excluding carboxylic acids is 1. The standard InChI is InChI=1S/C8H16O2/c1-6(2)7(3)5-10-8(4)9/h6-7H,5H2,1-4H3. The fraction of sp³-hybridized carbons (Fsp3) is 0.875. The molecule has 0 aliphatic rings. The zero-order valence-corrected chi connectivity index (χ0v) is 7.18. The van der Waals surface area contributed by atoms with Crippen LogP contribution in [-0.2, 0) is 9.53 Å². The second kappa shape index (κ2) is 4.31. The van der Waals surface area contributed by atoms with Gasteiger partial charge < -0.3 is 4.74 Å². The molecule has 60 valence electrons. The third kappa shape index (κ3) is 4.36. The minimum absolute atomic E-state index is 0.187. The molecule has 2 heteroatoms. The summed E-state index contributed by atoms with van der Waals surface area (Å²) < 4.78 is 4.83. The molecule has 2 nitrogen and oxygen atoms in total. The molecule has 0 aromatic heterocycles. The Morgan fingerprint density at radius 3 is 2.20 bits per heavy atom. The van der Waals surface area contributed by atoms with Crippen molar-refractivity contribution >= 4 is 5.97 Å². The Morgan fingerprint density at radius 1 is 1.40 bits per heavy atom. The van der Waals surface area contributed by atoms with Crippen molar-refractivity contribution in [2.75, 3.05) is 6.61 Å². The van der Waals surface area contributed by atoms with E-state index in [4.69, 9.17) is 4.74 Å². The summed E-state index contributed by atoms with van der Waals surface area (Å²) in [5.41, 5.74) is 0. The Hall–Kier alpha value is -0.530. The molecule has 0 aromatic rings. The van der Waals surface area contributed by atoms with Crippen LogP contribution in [0.1, 0.15) is 27.7 Å². The van der Waals surface area contributed by atoms with E-state index in [9.17, 15) is 4.79 Å². The van der Waals surface area contributed by atoms with Gasteiger partial charge in [-0.15, -0.1) is 0 Å². The van der Waals surface area contributed by atoms with Crippen molar-refractivity contribution in [1.29, 1.82) is 0 Å². The van der Waals surface area contributed by atoms with Gasteiger partial charge in [0.05, 0.1) is 6.61 Å². The molecular weight excluding hydrogens is 128 g/mol. The summed E-state index contributed by atoms with van der Waals surface area (Å²) in [6, 6.07) is 0. The van der Waals surface area contributed by atoms with E-state index in [1.165, 1.54) is 6.92 Å². The number of rotatable bonds is 3. The first-order valence-electron chi connectivity index (χ1n) is 3.67. The highest BCUT2D eigenvalue weighted by Crippen LogP contribution is 2.09. The van der Waals surface area contributed by atoms with Gasteiger partial charge in [0.1, 0.15) is 0 Å². The SMILES string of the molecule is CC(=O)OCC(C)C(C)C. The Bertz CT molecular complexity index is 108. The Kier molecular flexibility index (Phi) is 4.08. The van der Waals surface area contributed by atoms with Gasteiger partial charge in [-0.2, -0.15) is 0 Å². The lowest BCUT2D eigenvalue weighted by atomic mass is 9.99. The summed E-state index contributed by atoms with van der Waals surface area (Å²) in [6.07, 6.45) is 0. The first-order valence-corrected chi connectivity index (χ1v) is 3.67. The number of esters is 1. The molecule has 0 heterocycles. The molecule has 0 N–H and O–H groups in total. The van der Waals surface area contributed by atoms with Crippen LogP contribution in [0.15, 0.2) is 0 Å². The van der Waals surface area contributed by atoms with Crippen molar-refractivity contribution in [2.45, 2.75) is 27.7 Å². The van der Waals surface area contributed by atoms with Gasteiger partial charge in [0.15, 0.2) is 0 Å². The average molecular weight is 144 g/mol. The van der Waals surface area contributed by atoms with Crippen molar-refractivity contribution in [3.63, 3.8) is 0 Å². The van der Waals surface area contributed by atoms with E-state index in [1.807, 2.05) is 0 Å². The molecule has 0 fully saturated rings. The van der Waals surface area contributed by atoms with Crippen molar-refractivity contribution in [1.82, 2.24) is 0 Å². The Balaban J connectivity index is 3.39. The summed E-state index contributed by atoms with van der Waals surface area (Å²) in [5, 5.41) is 0. The molecule has 0 bridgehead atoms. The molecule has 0 saturated carbocycles. The zero-order chi connectivity index (χ0) is 8.15. The van der Waals surface area contributed by atoms with Gasteiger partial charge in [-0.1, -0.05) is 20.8 Å². The van der Waals surface area contributed by atoms with Crippen molar-refractivity contribution < 1.29 is 9.53 Å². The Labute approximate surface area is 62.6 Å². The predicted molar refractivity (Wildman–Crippen MR) is 40.6 cm³/mol. The molecule has 0 amide bonds. The van der Waals surface area contributed by atoms with Gasteiger partial charge >= 0.3 is 5.97 Å². The highest BCUT2D eigenvalue weighted by molar-refractivity contribution is 5.65. The summed E-state index contributed by atoms with van der Waals surface area (Å²) in [7, 11) is 0. The molecule has 1 unspecified atom stereocenters. The average Bonchev–Trinajstić information content (AvgIpc) is 1.82. The van der Waals surface area contributed by atoms with Crippen molar-refractivity contribution in [2.24, 2.45) is 11.8 Å². The fourth-order valence-corrected chi connectivity index (χ4v) is 0.441. The molecule has 0 spiro atoms. The van der Waals surface area contributed by atoms with Gasteiger partial charge in [-0.05, 0) is 11.8 Å². The molecule has 0 aliphatic heterocycles. The van der Waals surface area contributed by atoms with Gasteiger partial charge in [-0.3, -0.25) is 4.79 Å². The maximum Gasteiger partial charge on any atom is 0.302 e. The number of hydrogen-bond donors (Lipinski definition) is 0. The van der Waals surface area contributed by atoms with Crippen LogP contribution in [0.2, 0.25) is 0 Å². The van der Waals surface area contributed by atoms with Crippen molar-refractivity contribution in [3.8, 4) is 0 Å². The maximum absolute atomic E-state index is 10.3. The molecule has 0 radical (unpaired) electrons. The largest absolute Gasteiger partial charge is 0.466 e. The smallest absolute Gasteiger partial charge is 0.302 e. The summed E-state index contributed by atoms with van der Waals surface area (Å²) >= 11 is 0. The second-order valence-electron chi connectivity index (χ2n) is 3.02. The zero-order valence-electron chi connectivity index (χ0n) is 7.18. The van der Waals surface area contributed by atoms with E-state index >= 15 is 0 Å². The van der Waals surface area contributed by atoms with E-state index in [0.29, 0.717) is 18.4 Å². The first-order chi connectivity index (χ1) is 4.54. The predicted octanol–water partition coefficient (Wildman–Crippen LogP) is 1.84. The lowest BCUT2D eigenvalue weighted by Crippen LogP contribution is -2.14. The van der Waals surface area contributed by atoms with Crippen LogP contribution >= 0.6 is 0 Å². The highest BCUT2D eigenvalue weighted by atomic mass is 16.5. The third-order valence-corrected chi connectivity index (χ3v) is 1.69. The number of carbonyl (C=O) groups is 1. The van der Waals surface area contributed by atoms with E-state index in [1.54, 1.807) is 0 Å². The van der Waals surface area contributed by atoms with Crippen LogP contribution in [0.4, 0.5) is 0 Å². The third-order valence-electron chi connectivity index (χ3n) is 1.69. The van der Waals surface area contributed by atoms with Gasteiger partial charge in [0.25, 0.3) is 0 Å². The second-order valence-corrected chi connectivity index (χ2v) is 3.02. The topological polar surface area (TPSA) is 26.3 Å². The van der Waals surface area contributed by atoms with Gasteiger partial charge in [0.2, 0.25) is 0 Å². The quantitative estimate of drug-likeness (QED) is 0.565. The lowest BCUT2D eigenvalue weighted by molar-refractivity contribution is -0.142. The van der Waals surface area contributed by atoms with Crippen LogP contribution in [-0.4, -0.2) is 12.6 Å². The lowest BCUT2D eigenvalue weighted by Gasteiger charge is -2.14. The molecule has 10 heavy (non-hydrogen) atoms. The molecule has 1 atom stereocenters. The molecule has 0 rings (SSSR count).